The lowest BCUT2D eigenvalue weighted by atomic mass is 10.1. The second kappa shape index (κ2) is 6.44. The zero-order chi connectivity index (χ0) is 14.8. The van der Waals surface area contributed by atoms with E-state index in [1.54, 1.807) is 0 Å². The summed E-state index contributed by atoms with van der Waals surface area (Å²) in [4.78, 5) is 2.60. The number of aromatic amines is 1. The summed E-state index contributed by atoms with van der Waals surface area (Å²) in [5, 5.41) is 8.33. The number of thioether (sulfide) groups is 1. The largest absolute Gasteiger partial charge is 0.380 e. The Labute approximate surface area is 135 Å². The molecule has 1 aromatic carbocycles. The van der Waals surface area contributed by atoms with E-state index < -0.39 is 0 Å². The molecule has 1 aromatic heterocycles. The molecule has 22 heavy (non-hydrogen) atoms. The van der Waals surface area contributed by atoms with E-state index in [-0.39, 0.29) is 0 Å². The first-order chi connectivity index (χ1) is 10.9. The fraction of sp³-hybridized carbons (Fsp3) is 0.471. The number of benzene rings is 1. The molecule has 4 rings (SSSR count). The number of nitrogens with one attached hydrogen (secondary N) is 1. The average Bonchev–Trinajstić information content (AvgIpc) is 3.05. The first-order valence-corrected chi connectivity index (χ1v) is 8.98. The van der Waals surface area contributed by atoms with E-state index in [1.807, 2.05) is 6.07 Å². The summed E-state index contributed by atoms with van der Waals surface area (Å²) in [6, 6.07) is 13.2. The molecule has 1 N–H and O–H groups in total. The Kier molecular flexibility index (Phi) is 4.19. The predicted octanol–water partition coefficient (Wildman–Crippen LogP) is 2.78. The summed E-state index contributed by atoms with van der Waals surface area (Å²) in [7, 11) is 0. The minimum Gasteiger partial charge on any atom is -0.380 e. The summed E-state index contributed by atoms with van der Waals surface area (Å²) < 4.78 is 5.63. The SMILES string of the molecule is c1ccc(-c2cc(CN3CCS[C@H]4COCC[C@@H]43)[nH]n2)cc1. The topological polar surface area (TPSA) is 41.1 Å². The van der Waals surface area contributed by atoms with Crippen LogP contribution in [-0.2, 0) is 11.3 Å². The van der Waals surface area contributed by atoms with Gasteiger partial charge < -0.3 is 4.74 Å². The normalized spacial score (nSPS) is 25.8. The number of aromatic nitrogens is 2. The molecule has 0 bridgehead atoms. The monoisotopic (exact) mass is 315 g/mol. The van der Waals surface area contributed by atoms with Crippen molar-refractivity contribution in [3.05, 3.63) is 42.1 Å². The van der Waals surface area contributed by atoms with Crippen LogP contribution in [0.1, 0.15) is 12.1 Å². The molecule has 2 aliphatic rings. The Hall–Kier alpha value is -1.30. The van der Waals surface area contributed by atoms with Crippen molar-refractivity contribution in [1.82, 2.24) is 15.1 Å². The van der Waals surface area contributed by atoms with Crippen molar-refractivity contribution in [2.75, 3.05) is 25.5 Å². The molecule has 0 amide bonds. The van der Waals surface area contributed by atoms with E-state index in [0.29, 0.717) is 11.3 Å². The van der Waals surface area contributed by atoms with Gasteiger partial charge in [-0.05, 0) is 12.5 Å². The minimum atomic E-state index is 0.638. The second-order valence-corrected chi connectivity index (χ2v) is 7.30. The van der Waals surface area contributed by atoms with Crippen LogP contribution in [0.2, 0.25) is 0 Å². The van der Waals surface area contributed by atoms with Crippen LogP contribution >= 0.6 is 11.8 Å². The lowest BCUT2D eigenvalue weighted by Gasteiger charge is -2.43. The maximum absolute atomic E-state index is 5.63. The Bertz CT molecular complexity index is 613. The molecule has 5 heteroatoms. The molecule has 2 aliphatic heterocycles. The van der Waals surface area contributed by atoms with Crippen LogP contribution < -0.4 is 0 Å². The molecular formula is C17H21N3OS. The summed E-state index contributed by atoms with van der Waals surface area (Å²) in [5.74, 6) is 1.20. The van der Waals surface area contributed by atoms with Crippen molar-refractivity contribution in [3.8, 4) is 11.3 Å². The van der Waals surface area contributed by atoms with Crippen LogP contribution in [-0.4, -0.2) is 51.9 Å². The summed E-state index contributed by atoms with van der Waals surface area (Å²) in [6.07, 6.45) is 1.15. The van der Waals surface area contributed by atoms with Crippen LogP contribution in [0.4, 0.5) is 0 Å². The van der Waals surface area contributed by atoms with Gasteiger partial charge >= 0.3 is 0 Å². The number of ether oxygens (including phenoxy) is 1. The Morgan fingerprint density at radius 3 is 3.14 bits per heavy atom. The number of rotatable bonds is 3. The van der Waals surface area contributed by atoms with Gasteiger partial charge in [0.2, 0.25) is 0 Å². The molecule has 3 heterocycles. The van der Waals surface area contributed by atoms with E-state index in [2.05, 4.69) is 57.2 Å². The highest BCUT2D eigenvalue weighted by molar-refractivity contribution is 8.00. The van der Waals surface area contributed by atoms with Crippen molar-refractivity contribution in [1.29, 1.82) is 0 Å². The molecule has 2 atom stereocenters. The first kappa shape index (κ1) is 14.3. The lowest BCUT2D eigenvalue weighted by molar-refractivity contribution is 0.0347. The van der Waals surface area contributed by atoms with Gasteiger partial charge in [-0.15, -0.1) is 0 Å². The third-order valence-corrected chi connectivity index (χ3v) is 5.82. The zero-order valence-corrected chi connectivity index (χ0v) is 13.4. The second-order valence-electron chi connectivity index (χ2n) is 5.96. The van der Waals surface area contributed by atoms with Gasteiger partial charge in [-0.2, -0.15) is 16.9 Å². The first-order valence-electron chi connectivity index (χ1n) is 7.93. The standard InChI is InChI=1S/C17H21N3OS/c1-2-4-13(5-3-1)15-10-14(18-19-15)11-20-7-9-22-17-12-21-8-6-16(17)20/h1-5,10,16-17H,6-9,11-12H2,(H,18,19)/t16-,17-/m0/s1. The molecule has 0 aliphatic carbocycles. The van der Waals surface area contributed by atoms with E-state index in [9.17, 15) is 0 Å². The van der Waals surface area contributed by atoms with Gasteiger partial charge in [0.25, 0.3) is 0 Å². The number of hydrogen-bond acceptors (Lipinski definition) is 4. The molecule has 2 aromatic rings. The zero-order valence-electron chi connectivity index (χ0n) is 12.6. The molecule has 116 valence electrons. The third kappa shape index (κ3) is 2.93. The maximum Gasteiger partial charge on any atom is 0.0924 e. The number of nitrogens with zero attached hydrogens (tertiary/aromatic N) is 2. The van der Waals surface area contributed by atoms with Gasteiger partial charge in [0, 0.05) is 48.0 Å². The summed E-state index contributed by atoms with van der Waals surface area (Å²) in [5.41, 5.74) is 3.41. The molecule has 0 unspecified atom stereocenters. The molecule has 2 fully saturated rings. The fourth-order valence-electron chi connectivity index (χ4n) is 3.38. The number of fused-ring (bicyclic) bond motifs is 1. The molecule has 4 nitrogen and oxygen atoms in total. The van der Waals surface area contributed by atoms with Crippen LogP contribution in [0.25, 0.3) is 11.3 Å². The maximum atomic E-state index is 5.63. The Balaban J connectivity index is 1.48. The molecular weight excluding hydrogens is 294 g/mol. The van der Waals surface area contributed by atoms with Crippen molar-refractivity contribution in [2.45, 2.75) is 24.3 Å². The molecule has 0 saturated carbocycles. The van der Waals surface area contributed by atoms with Gasteiger partial charge in [-0.3, -0.25) is 10.00 Å². The van der Waals surface area contributed by atoms with Crippen LogP contribution in [0.5, 0.6) is 0 Å². The van der Waals surface area contributed by atoms with Gasteiger partial charge in [-0.1, -0.05) is 30.3 Å². The van der Waals surface area contributed by atoms with E-state index in [4.69, 9.17) is 4.74 Å². The molecule has 0 spiro atoms. The number of hydrogen-bond donors (Lipinski definition) is 1. The van der Waals surface area contributed by atoms with Crippen molar-refractivity contribution in [3.63, 3.8) is 0 Å². The third-order valence-electron chi connectivity index (χ3n) is 4.52. The van der Waals surface area contributed by atoms with Crippen molar-refractivity contribution in [2.24, 2.45) is 0 Å². The van der Waals surface area contributed by atoms with Gasteiger partial charge in [0.05, 0.1) is 12.3 Å². The van der Waals surface area contributed by atoms with E-state index in [1.165, 1.54) is 17.0 Å². The molecule has 2 saturated heterocycles. The minimum absolute atomic E-state index is 0.638. The molecule has 0 radical (unpaired) electrons. The van der Waals surface area contributed by atoms with Crippen LogP contribution in [0.15, 0.2) is 36.4 Å². The van der Waals surface area contributed by atoms with Crippen molar-refractivity contribution < 1.29 is 4.74 Å². The smallest absolute Gasteiger partial charge is 0.0924 e. The Morgan fingerprint density at radius 1 is 1.32 bits per heavy atom. The van der Waals surface area contributed by atoms with Crippen LogP contribution in [0, 0.1) is 0 Å². The van der Waals surface area contributed by atoms with E-state index in [0.717, 1.165) is 38.4 Å². The van der Waals surface area contributed by atoms with Gasteiger partial charge in [0.15, 0.2) is 0 Å². The number of H-pyrrole nitrogens is 1. The average molecular weight is 315 g/mol. The fourth-order valence-corrected chi connectivity index (χ4v) is 4.74. The predicted molar refractivity (Wildman–Crippen MR) is 89.9 cm³/mol. The van der Waals surface area contributed by atoms with E-state index >= 15 is 0 Å². The van der Waals surface area contributed by atoms with Crippen LogP contribution in [0.3, 0.4) is 0 Å². The van der Waals surface area contributed by atoms with Gasteiger partial charge in [0.1, 0.15) is 0 Å². The highest BCUT2D eigenvalue weighted by Crippen LogP contribution is 2.31. The van der Waals surface area contributed by atoms with Gasteiger partial charge in [-0.25, -0.2) is 0 Å². The van der Waals surface area contributed by atoms with Crippen molar-refractivity contribution >= 4 is 11.8 Å². The highest BCUT2D eigenvalue weighted by Gasteiger charge is 2.34. The summed E-state index contributed by atoms with van der Waals surface area (Å²) in [6.45, 7) is 3.92. The Morgan fingerprint density at radius 2 is 2.23 bits per heavy atom. The quantitative estimate of drug-likeness (QED) is 0.945. The lowest BCUT2D eigenvalue weighted by Crippen LogP contribution is -2.51. The highest BCUT2D eigenvalue weighted by atomic mass is 32.2. The summed E-state index contributed by atoms with van der Waals surface area (Å²) >= 11 is 2.07.